The van der Waals surface area contributed by atoms with Gasteiger partial charge in [0.2, 0.25) is 0 Å². The first kappa shape index (κ1) is 14.9. The van der Waals surface area contributed by atoms with E-state index in [1.807, 2.05) is 12.5 Å². The molecule has 4 nitrogen and oxygen atoms in total. The van der Waals surface area contributed by atoms with Crippen LogP contribution in [0.15, 0.2) is 31.0 Å². The molecule has 0 fully saturated rings. The fourth-order valence-corrected chi connectivity index (χ4v) is 2.53. The molecule has 2 aromatic rings. The minimum absolute atomic E-state index is 0.465. The Bertz CT molecular complexity index is 512. The summed E-state index contributed by atoms with van der Waals surface area (Å²) in [7, 11) is 0. The Morgan fingerprint density at radius 2 is 2.15 bits per heavy atom. The number of nitrogens with zero attached hydrogens (tertiary/aromatic N) is 3. The van der Waals surface area contributed by atoms with Gasteiger partial charge in [0, 0.05) is 31.2 Å². The Morgan fingerprint density at radius 3 is 2.85 bits per heavy atom. The van der Waals surface area contributed by atoms with E-state index in [0.29, 0.717) is 6.04 Å². The smallest absolute Gasteiger partial charge is 0.0948 e. The van der Waals surface area contributed by atoms with Crippen LogP contribution in [0.1, 0.15) is 50.9 Å². The Balaban J connectivity index is 2.04. The molecule has 2 rings (SSSR count). The zero-order valence-electron chi connectivity index (χ0n) is 12.8. The van der Waals surface area contributed by atoms with Crippen molar-refractivity contribution in [3.05, 3.63) is 42.2 Å². The number of hydrogen-bond donors (Lipinski definition) is 1. The summed E-state index contributed by atoms with van der Waals surface area (Å²) in [4.78, 5) is 4.23. The van der Waals surface area contributed by atoms with Crippen molar-refractivity contribution in [3.63, 3.8) is 0 Å². The number of nitrogens with one attached hydrogen (secondary N) is 1. The van der Waals surface area contributed by atoms with Crippen LogP contribution in [0.4, 0.5) is 0 Å². The largest absolute Gasteiger partial charge is 0.348 e. The average Bonchev–Trinajstić information content (AvgIpc) is 3.09. The van der Waals surface area contributed by atoms with Crippen LogP contribution in [0.2, 0.25) is 0 Å². The number of aromatic nitrogens is 3. The third-order valence-corrected chi connectivity index (χ3v) is 3.71. The van der Waals surface area contributed by atoms with Gasteiger partial charge in [0.1, 0.15) is 0 Å². The molecule has 1 unspecified atom stereocenters. The van der Waals surface area contributed by atoms with Crippen molar-refractivity contribution >= 4 is 0 Å². The number of hydrogen-bond acceptors (Lipinski definition) is 2. The lowest BCUT2D eigenvalue weighted by Gasteiger charge is -2.15. The molecule has 0 aromatic carbocycles. The highest BCUT2D eigenvalue weighted by Crippen LogP contribution is 2.17. The van der Waals surface area contributed by atoms with Crippen molar-refractivity contribution in [1.82, 2.24) is 19.4 Å². The molecule has 2 heterocycles. The summed E-state index contributed by atoms with van der Waals surface area (Å²) >= 11 is 0. The fraction of sp³-hybridized carbons (Fsp3) is 0.562. The summed E-state index contributed by atoms with van der Waals surface area (Å²) in [5.74, 6) is 0. The maximum absolute atomic E-state index is 4.23. The van der Waals surface area contributed by atoms with E-state index in [-0.39, 0.29) is 0 Å². The molecule has 0 amide bonds. The molecule has 1 N–H and O–H groups in total. The van der Waals surface area contributed by atoms with Crippen LogP contribution in [0, 0.1) is 0 Å². The quantitative estimate of drug-likeness (QED) is 0.802. The molecule has 0 spiro atoms. The molecule has 110 valence electrons. The minimum atomic E-state index is 0.465. The van der Waals surface area contributed by atoms with Crippen LogP contribution in [-0.2, 0) is 13.1 Å². The SMILES string of the molecule is CCCNC(CC)c1ccn(Cc2cncn2CC)c1. The third-order valence-electron chi connectivity index (χ3n) is 3.71. The molecule has 0 bridgehead atoms. The fourth-order valence-electron chi connectivity index (χ4n) is 2.53. The Hall–Kier alpha value is -1.55. The predicted molar refractivity (Wildman–Crippen MR) is 82.8 cm³/mol. The second-order valence-corrected chi connectivity index (χ2v) is 5.20. The third kappa shape index (κ3) is 3.51. The second-order valence-electron chi connectivity index (χ2n) is 5.20. The Labute approximate surface area is 121 Å². The van der Waals surface area contributed by atoms with Crippen molar-refractivity contribution in [2.45, 2.75) is 52.7 Å². The van der Waals surface area contributed by atoms with Gasteiger partial charge in [-0.15, -0.1) is 0 Å². The monoisotopic (exact) mass is 274 g/mol. The van der Waals surface area contributed by atoms with Crippen LogP contribution in [-0.4, -0.2) is 20.7 Å². The van der Waals surface area contributed by atoms with Crippen LogP contribution in [0.5, 0.6) is 0 Å². The first-order valence-electron chi connectivity index (χ1n) is 7.66. The maximum Gasteiger partial charge on any atom is 0.0948 e. The molecule has 2 aromatic heterocycles. The van der Waals surface area contributed by atoms with E-state index in [4.69, 9.17) is 0 Å². The van der Waals surface area contributed by atoms with E-state index >= 15 is 0 Å². The van der Waals surface area contributed by atoms with Gasteiger partial charge in [0.25, 0.3) is 0 Å². The molecule has 20 heavy (non-hydrogen) atoms. The van der Waals surface area contributed by atoms with Gasteiger partial charge < -0.3 is 14.5 Å². The molecule has 0 saturated carbocycles. The second kappa shape index (κ2) is 7.29. The highest BCUT2D eigenvalue weighted by atomic mass is 15.1. The van der Waals surface area contributed by atoms with E-state index in [2.05, 4.69) is 58.7 Å². The lowest BCUT2D eigenvalue weighted by molar-refractivity contribution is 0.517. The Morgan fingerprint density at radius 1 is 1.30 bits per heavy atom. The first-order valence-corrected chi connectivity index (χ1v) is 7.66. The normalized spacial score (nSPS) is 12.8. The highest BCUT2D eigenvalue weighted by molar-refractivity contribution is 5.16. The van der Waals surface area contributed by atoms with Gasteiger partial charge in [-0.3, -0.25) is 0 Å². The van der Waals surface area contributed by atoms with Crippen molar-refractivity contribution in [2.24, 2.45) is 0 Å². The standard InChI is InChI=1S/C16H26N4/c1-4-8-18-16(5-2)14-7-9-19(11-14)12-15-10-17-13-20(15)6-3/h7,9-11,13,16,18H,4-6,8,12H2,1-3H3. The minimum Gasteiger partial charge on any atom is -0.348 e. The molecule has 0 aliphatic heterocycles. The van der Waals surface area contributed by atoms with Crippen LogP contribution in [0.3, 0.4) is 0 Å². The van der Waals surface area contributed by atoms with Crippen molar-refractivity contribution < 1.29 is 0 Å². The topological polar surface area (TPSA) is 34.8 Å². The molecular formula is C16H26N4. The molecular weight excluding hydrogens is 248 g/mol. The van der Waals surface area contributed by atoms with E-state index in [9.17, 15) is 0 Å². The summed E-state index contributed by atoms with van der Waals surface area (Å²) in [6, 6.07) is 2.69. The van der Waals surface area contributed by atoms with Gasteiger partial charge in [0.05, 0.1) is 18.6 Å². The zero-order chi connectivity index (χ0) is 14.4. The van der Waals surface area contributed by atoms with Gasteiger partial charge in [-0.25, -0.2) is 4.98 Å². The van der Waals surface area contributed by atoms with E-state index < -0.39 is 0 Å². The summed E-state index contributed by atoms with van der Waals surface area (Å²) < 4.78 is 4.43. The summed E-state index contributed by atoms with van der Waals surface area (Å²) in [5, 5.41) is 3.60. The van der Waals surface area contributed by atoms with Gasteiger partial charge in [-0.05, 0) is 37.9 Å². The van der Waals surface area contributed by atoms with Gasteiger partial charge in [0.15, 0.2) is 0 Å². The molecule has 0 aliphatic rings. The summed E-state index contributed by atoms with van der Waals surface area (Å²) in [6.45, 7) is 9.52. The predicted octanol–water partition coefficient (Wildman–Crippen LogP) is 3.20. The van der Waals surface area contributed by atoms with E-state index in [0.717, 1.165) is 26.1 Å². The highest BCUT2D eigenvalue weighted by Gasteiger charge is 2.10. The number of imidazole rings is 1. The van der Waals surface area contributed by atoms with Crippen molar-refractivity contribution in [3.8, 4) is 0 Å². The maximum atomic E-state index is 4.23. The Kier molecular flexibility index (Phi) is 5.41. The number of rotatable bonds is 8. The van der Waals surface area contributed by atoms with Crippen LogP contribution < -0.4 is 5.32 Å². The van der Waals surface area contributed by atoms with E-state index in [1.165, 1.54) is 17.7 Å². The van der Waals surface area contributed by atoms with Gasteiger partial charge in [-0.2, -0.15) is 0 Å². The summed E-state index contributed by atoms with van der Waals surface area (Å²) in [6.07, 6.45) is 10.6. The van der Waals surface area contributed by atoms with E-state index in [1.54, 1.807) is 0 Å². The zero-order valence-corrected chi connectivity index (χ0v) is 12.8. The van der Waals surface area contributed by atoms with Gasteiger partial charge in [-0.1, -0.05) is 13.8 Å². The molecule has 1 atom stereocenters. The van der Waals surface area contributed by atoms with Crippen molar-refractivity contribution in [1.29, 1.82) is 0 Å². The molecule has 0 aliphatic carbocycles. The molecule has 0 saturated heterocycles. The lowest BCUT2D eigenvalue weighted by atomic mass is 10.1. The molecule has 4 heteroatoms. The van der Waals surface area contributed by atoms with Gasteiger partial charge >= 0.3 is 0 Å². The lowest BCUT2D eigenvalue weighted by Crippen LogP contribution is -2.21. The number of aryl methyl sites for hydroxylation is 1. The van der Waals surface area contributed by atoms with Crippen molar-refractivity contribution in [2.75, 3.05) is 6.54 Å². The van der Waals surface area contributed by atoms with Crippen LogP contribution >= 0.6 is 0 Å². The average molecular weight is 274 g/mol. The van der Waals surface area contributed by atoms with Crippen LogP contribution in [0.25, 0.3) is 0 Å². The molecule has 0 radical (unpaired) electrons. The summed E-state index contributed by atoms with van der Waals surface area (Å²) in [5.41, 5.74) is 2.63. The first-order chi connectivity index (χ1) is 9.78.